The van der Waals surface area contributed by atoms with E-state index in [1.54, 1.807) is 0 Å². The van der Waals surface area contributed by atoms with Gasteiger partial charge in [-0.05, 0) is 6.16 Å². The average molecular weight is 210 g/mol. The van der Waals surface area contributed by atoms with E-state index in [0.717, 1.165) is 0 Å². The molecule has 0 aromatic heterocycles. The molecule has 12 heavy (non-hydrogen) atoms. The van der Waals surface area contributed by atoms with Gasteiger partial charge in [-0.3, -0.25) is 0 Å². The Morgan fingerprint density at radius 3 is 1.00 bits per heavy atom. The van der Waals surface area contributed by atoms with Crippen LogP contribution in [-0.2, 0) is 0 Å². The van der Waals surface area contributed by atoms with E-state index >= 15 is 0 Å². The van der Waals surface area contributed by atoms with Crippen LogP contribution in [0.3, 0.4) is 0 Å². The minimum absolute atomic E-state index is 0. The zero-order chi connectivity index (χ0) is 7.15. The Labute approximate surface area is 93.7 Å². The van der Waals surface area contributed by atoms with Gasteiger partial charge in [0, 0.05) is 0 Å². The minimum atomic E-state index is -2.33. The number of hydrogen-bond acceptors (Lipinski definition) is 5. The molecule has 0 aliphatic carbocycles. The Balaban J connectivity index is -0.0000000112. The zero-order valence-corrected chi connectivity index (χ0v) is 6.22. The second-order valence-corrected chi connectivity index (χ2v) is 0.516. The molecule has 0 saturated heterocycles. The van der Waals surface area contributed by atoms with E-state index in [9.17, 15) is 0 Å². The van der Waals surface area contributed by atoms with E-state index in [1.165, 1.54) is 0 Å². The van der Waals surface area contributed by atoms with Crippen molar-refractivity contribution in [1.29, 1.82) is 0 Å². The van der Waals surface area contributed by atoms with E-state index in [0.29, 0.717) is 0 Å². The predicted molar refractivity (Wildman–Crippen MR) is 34.9 cm³/mol. The van der Waals surface area contributed by atoms with Gasteiger partial charge in [-0.2, -0.15) is 0 Å². The van der Waals surface area contributed by atoms with Crippen molar-refractivity contribution < 1.29 is 41.0 Å². The Kier molecular flexibility index (Phi) is 106. The second kappa shape index (κ2) is 30.9. The maximum absolute atomic E-state index is 8.44. The summed E-state index contributed by atoms with van der Waals surface area (Å²) < 4.78 is 0. The standard InChI is InChI=1S/2CH2O3.Al.Mg.2H2O.2H/c2*2-1(3)4;;;;;;/h2*(H2,2,3,4);;;2*1H2;;/q;;+3;;;;;/p-3. The fraction of sp³-hybridized carbons (Fsp3) is 0. The topological polar surface area (TPSA) is 187 Å². The summed E-state index contributed by atoms with van der Waals surface area (Å²) in [5.74, 6) is 0. The Bertz CT molecular complexity index is 75.1. The summed E-state index contributed by atoms with van der Waals surface area (Å²) in [5.41, 5.74) is 0. The molecule has 68 valence electrons. The van der Waals surface area contributed by atoms with Gasteiger partial charge in [0.05, 0.1) is 0 Å². The fourth-order valence-electron chi connectivity index (χ4n) is 0. The molecule has 0 heterocycles. The minimum Gasteiger partial charge on any atom is -0.652 e. The molecule has 0 rings (SSSR count). The first-order chi connectivity index (χ1) is 3.46. The van der Waals surface area contributed by atoms with Gasteiger partial charge >= 0.3 is 40.4 Å². The Morgan fingerprint density at radius 1 is 1.00 bits per heavy atom. The van der Waals surface area contributed by atoms with Crippen molar-refractivity contribution in [2.45, 2.75) is 0 Å². The quantitative estimate of drug-likeness (QED) is 0.387. The smallest absolute Gasteiger partial charge is 0.652 e. The number of carbonyl (C=O) groups excluding carboxylic acids is 1. The van der Waals surface area contributed by atoms with Gasteiger partial charge in [-0.1, -0.05) is 0 Å². The third kappa shape index (κ3) is 12900. The van der Waals surface area contributed by atoms with Crippen LogP contribution in [0.2, 0.25) is 0 Å². The van der Waals surface area contributed by atoms with E-state index in [-0.39, 0.29) is 51.4 Å². The molecule has 0 saturated carbocycles. The van der Waals surface area contributed by atoms with Crippen molar-refractivity contribution in [3.8, 4) is 0 Å². The van der Waals surface area contributed by atoms with Crippen molar-refractivity contribution in [3.63, 3.8) is 0 Å². The molecule has 10 heteroatoms. The molecule has 5 N–H and O–H groups in total. The maximum Gasteiger partial charge on any atom is 3.00 e. The maximum atomic E-state index is 8.44. The monoisotopic (exact) mass is 210 g/mol. The van der Waals surface area contributed by atoms with Crippen LogP contribution in [-0.4, -0.2) is 68.8 Å². The molecule has 0 aliphatic heterocycles. The van der Waals surface area contributed by atoms with Gasteiger partial charge in [0.15, 0.2) is 0 Å². The molecule has 0 fully saturated rings. The van der Waals surface area contributed by atoms with Gasteiger partial charge in [-0.15, -0.1) is 0 Å². The number of carbonyl (C=O) groups is 2. The van der Waals surface area contributed by atoms with Crippen LogP contribution in [0, 0.1) is 0 Å². The first kappa shape index (κ1) is 41.0. The van der Waals surface area contributed by atoms with E-state index in [4.69, 9.17) is 30.0 Å². The average Bonchev–Trinajstić information content (AvgIpc) is 1.25. The van der Waals surface area contributed by atoms with E-state index < -0.39 is 12.3 Å². The van der Waals surface area contributed by atoms with Gasteiger partial charge in [0.2, 0.25) is 6.16 Å². The Morgan fingerprint density at radius 2 is 1.00 bits per heavy atom. The molecular weight excluding hydrogens is 203 g/mol. The number of hydrogen-bond donors (Lipinski definition) is 1. The largest absolute Gasteiger partial charge is 3.00 e. The van der Waals surface area contributed by atoms with Crippen LogP contribution in [0.4, 0.5) is 9.59 Å². The van der Waals surface area contributed by atoms with Crippen LogP contribution in [0.5, 0.6) is 0 Å². The van der Waals surface area contributed by atoms with Crippen molar-refractivity contribution in [2.75, 3.05) is 0 Å². The predicted octanol–water partition coefficient (Wildman–Crippen LogP) is -6.51. The summed E-state index contributed by atoms with van der Waals surface area (Å²) in [6, 6.07) is 0. The summed E-state index contributed by atoms with van der Waals surface area (Å²) in [6.07, 6.45) is -4.42. The molecule has 0 aliphatic rings. The summed E-state index contributed by atoms with van der Waals surface area (Å²) in [7, 11) is 0. The molecule has 0 aromatic carbocycles. The zero-order valence-electron chi connectivity index (χ0n) is 5.07. The molecule has 0 unspecified atom stereocenters. The summed E-state index contributed by atoms with van der Waals surface area (Å²) in [6.45, 7) is 0. The third-order valence-electron chi connectivity index (χ3n) is 0. The second-order valence-electron chi connectivity index (χ2n) is 0.516. The first-order valence-electron chi connectivity index (χ1n) is 1.24. The van der Waals surface area contributed by atoms with Crippen LogP contribution in [0.25, 0.3) is 0 Å². The van der Waals surface area contributed by atoms with Crippen LogP contribution in [0.1, 0.15) is 0 Å². The summed E-state index contributed by atoms with van der Waals surface area (Å²) in [4.78, 5) is 16.8. The molecule has 0 amide bonds. The van der Waals surface area contributed by atoms with Gasteiger partial charge in [0.25, 0.3) is 0 Å². The summed E-state index contributed by atoms with van der Waals surface area (Å²) >= 11 is 0. The summed E-state index contributed by atoms with van der Waals surface area (Å²) in [5, 5.41) is 32.0. The van der Waals surface area contributed by atoms with Gasteiger partial charge in [-0.25, -0.2) is 0 Å². The van der Waals surface area contributed by atoms with Crippen LogP contribution in [0.15, 0.2) is 0 Å². The van der Waals surface area contributed by atoms with Crippen molar-refractivity contribution >= 4 is 52.7 Å². The fourth-order valence-corrected chi connectivity index (χ4v) is 0. The number of rotatable bonds is 0. The van der Waals surface area contributed by atoms with Crippen LogP contribution < -0.4 is 15.3 Å². The molecular formula is C2H7AlMgO8. The molecule has 8 nitrogen and oxygen atoms in total. The first-order valence-corrected chi connectivity index (χ1v) is 1.24. The van der Waals surface area contributed by atoms with Gasteiger partial charge in [0.1, 0.15) is 0 Å². The van der Waals surface area contributed by atoms with E-state index in [2.05, 4.69) is 0 Å². The normalized spacial score (nSPS) is 4.00. The van der Waals surface area contributed by atoms with Crippen LogP contribution >= 0.6 is 0 Å². The van der Waals surface area contributed by atoms with Gasteiger partial charge < -0.3 is 41.0 Å². The SMILES string of the molecule is O.O.O=C([O-])O.O=C([O-])[O-].[Al+3].[MgH2]. The van der Waals surface area contributed by atoms with E-state index in [1.807, 2.05) is 0 Å². The van der Waals surface area contributed by atoms with Crippen molar-refractivity contribution in [1.82, 2.24) is 0 Å². The Hall–Kier alpha value is -0.241. The third-order valence-corrected chi connectivity index (χ3v) is 0. The molecule has 0 bridgehead atoms. The van der Waals surface area contributed by atoms with Crippen molar-refractivity contribution in [2.24, 2.45) is 0 Å². The molecule has 0 radical (unpaired) electrons. The molecule has 0 aromatic rings. The molecule has 0 spiro atoms. The number of carboxylic acid groups (broad SMARTS) is 4. The van der Waals surface area contributed by atoms with Crippen molar-refractivity contribution in [3.05, 3.63) is 0 Å². The molecule has 0 atom stereocenters.